The average Bonchev–Trinajstić information content (AvgIpc) is 2.53. The number of aryl methyl sites for hydroxylation is 1. The number of fused-ring (bicyclic) bond motifs is 1. The van der Waals surface area contributed by atoms with Crippen molar-refractivity contribution in [1.82, 2.24) is 14.8 Å². The first kappa shape index (κ1) is 9.48. The van der Waals surface area contributed by atoms with Gasteiger partial charge in [-0.2, -0.15) is 0 Å². The Morgan fingerprint density at radius 3 is 3.00 bits per heavy atom. The molecule has 0 spiro atoms. The summed E-state index contributed by atoms with van der Waals surface area (Å²) in [6.45, 7) is 1.75. The van der Waals surface area contributed by atoms with Gasteiger partial charge in [0.15, 0.2) is 0 Å². The van der Waals surface area contributed by atoms with Crippen LogP contribution in [0.4, 0.5) is 0 Å². The predicted octanol–water partition coefficient (Wildman–Crippen LogP) is 0.147. The molecule has 0 radical (unpaired) electrons. The third-order valence-electron chi connectivity index (χ3n) is 2.05. The number of rotatable bonds is 2. The first-order valence-corrected chi connectivity index (χ1v) is 4.03. The first-order valence-electron chi connectivity index (χ1n) is 4.03. The molecule has 4 nitrogen and oxygen atoms in total. The van der Waals surface area contributed by atoms with Crippen LogP contribution in [0.3, 0.4) is 0 Å². The minimum atomic E-state index is 0. The summed E-state index contributed by atoms with van der Waals surface area (Å²) in [5.74, 6) is 2.19. The summed E-state index contributed by atoms with van der Waals surface area (Å²) < 4.78 is 2.19. The molecule has 5 heteroatoms. The third-order valence-corrected chi connectivity index (χ3v) is 2.05. The van der Waals surface area contributed by atoms with E-state index in [4.69, 9.17) is 5.73 Å². The molecule has 0 fully saturated rings. The van der Waals surface area contributed by atoms with Crippen LogP contribution in [-0.2, 0) is 19.4 Å². The molecule has 0 saturated heterocycles. The lowest BCUT2D eigenvalue weighted by Crippen LogP contribution is -2.08. The van der Waals surface area contributed by atoms with Crippen LogP contribution in [0, 0.1) is 0 Å². The summed E-state index contributed by atoms with van der Waals surface area (Å²) in [5.41, 5.74) is 5.43. The predicted molar refractivity (Wildman–Crippen MR) is 48.3 cm³/mol. The zero-order valence-electron chi connectivity index (χ0n) is 6.86. The van der Waals surface area contributed by atoms with Crippen molar-refractivity contribution in [1.29, 1.82) is 0 Å². The Bertz CT molecular complexity index is 258. The van der Waals surface area contributed by atoms with Crippen molar-refractivity contribution in [3.8, 4) is 0 Å². The molecule has 0 bridgehead atoms. The number of halogens is 1. The van der Waals surface area contributed by atoms with E-state index in [1.165, 1.54) is 6.42 Å². The molecule has 12 heavy (non-hydrogen) atoms. The van der Waals surface area contributed by atoms with Gasteiger partial charge in [-0.3, -0.25) is 0 Å². The Kier molecular flexibility index (Phi) is 3.05. The lowest BCUT2D eigenvalue weighted by molar-refractivity contribution is 0.683. The molecule has 0 saturated carbocycles. The molecule has 2 rings (SSSR count). The van der Waals surface area contributed by atoms with Crippen LogP contribution in [-0.4, -0.2) is 21.3 Å². The smallest absolute Gasteiger partial charge is 0.134 e. The second-order valence-corrected chi connectivity index (χ2v) is 2.83. The van der Waals surface area contributed by atoms with Gasteiger partial charge in [-0.25, -0.2) is 0 Å². The van der Waals surface area contributed by atoms with E-state index in [9.17, 15) is 0 Å². The second kappa shape index (κ2) is 3.87. The Hall–Kier alpha value is -0.610. The summed E-state index contributed by atoms with van der Waals surface area (Å²) in [7, 11) is 0. The highest BCUT2D eigenvalue weighted by Gasteiger charge is 2.15. The summed E-state index contributed by atoms with van der Waals surface area (Å²) in [6, 6.07) is 0. The van der Waals surface area contributed by atoms with Crippen LogP contribution >= 0.6 is 12.4 Å². The minimum absolute atomic E-state index is 0. The summed E-state index contributed by atoms with van der Waals surface area (Å²) in [6.07, 6.45) is 3.15. The van der Waals surface area contributed by atoms with E-state index < -0.39 is 0 Å². The second-order valence-electron chi connectivity index (χ2n) is 2.83. The topological polar surface area (TPSA) is 56.7 Å². The van der Waals surface area contributed by atoms with Gasteiger partial charge in [0.25, 0.3) is 0 Å². The van der Waals surface area contributed by atoms with Crippen molar-refractivity contribution < 1.29 is 0 Å². The van der Waals surface area contributed by atoms with E-state index >= 15 is 0 Å². The van der Waals surface area contributed by atoms with Gasteiger partial charge in [-0.15, -0.1) is 22.6 Å². The largest absolute Gasteiger partial charge is 0.330 e. The molecule has 0 atom stereocenters. The van der Waals surface area contributed by atoms with Crippen LogP contribution in [0.1, 0.15) is 18.1 Å². The van der Waals surface area contributed by atoms with Crippen molar-refractivity contribution in [3.05, 3.63) is 11.6 Å². The lowest BCUT2D eigenvalue weighted by atomic mass is 10.4. The molecule has 0 aliphatic carbocycles. The van der Waals surface area contributed by atoms with Gasteiger partial charge in [0.2, 0.25) is 0 Å². The monoisotopic (exact) mass is 188 g/mol. The SMILES string of the molecule is Cl.NCCc1nnc2n1CCC2. The van der Waals surface area contributed by atoms with Gasteiger partial charge in [-0.05, 0) is 13.0 Å². The van der Waals surface area contributed by atoms with Crippen molar-refractivity contribution in [3.63, 3.8) is 0 Å². The van der Waals surface area contributed by atoms with Crippen molar-refractivity contribution in [2.75, 3.05) is 6.54 Å². The van der Waals surface area contributed by atoms with Gasteiger partial charge in [0.1, 0.15) is 11.6 Å². The minimum Gasteiger partial charge on any atom is -0.330 e. The zero-order valence-corrected chi connectivity index (χ0v) is 7.68. The van der Waals surface area contributed by atoms with Crippen molar-refractivity contribution in [2.45, 2.75) is 25.8 Å². The van der Waals surface area contributed by atoms with Crippen LogP contribution in [0.2, 0.25) is 0 Å². The van der Waals surface area contributed by atoms with Gasteiger partial charge in [-0.1, -0.05) is 0 Å². The van der Waals surface area contributed by atoms with Crippen LogP contribution in [0.15, 0.2) is 0 Å². The summed E-state index contributed by atoms with van der Waals surface area (Å²) in [4.78, 5) is 0. The van der Waals surface area contributed by atoms with Crippen LogP contribution < -0.4 is 5.73 Å². The highest BCUT2D eigenvalue weighted by molar-refractivity contribution is 5.85. The van der Waals surface area contributed by atoms with E-state index in [-0.39, 0.29) is 12.4 Å². The van der Waals surface area contributed by atoms with E-state index in [1.807, 2.05) is 0 Å². The molecule has 0 unspecified atom stereocenters. The fraction of sp³-hybridized carbons (Fsp3) is 0.714. The van der Waals surface area contributed by atoms with Gasteiger partial charge in [0, 0.05) is 19.4 Å². The average molecular weight is 189 g/mol. The number of aromatic nitrogens is 3. The Balaban J connectivity index is 0.000000720. The summed E-state index contributed by atoms with van der Waals surface area (Å²) >= 11 is 0. The van der Waals surface area contributed by atoms with Crippen LogP contribution in [0.25, 0.3) is 0 Å². The van der Waals surface area contributed by atoms with E-state index in [0.29, 0.717) is 6.54 Å². The fourth-order valence-electron chi connectivity index (χ4n) is 1.52. The quantitative estimate of drug-likeness (QED) is 0.719. The summed E-state index contributed by atoms with van der Waals surface area (Å²) in [5, 5.41) is 8.13. The molecule has 1 aromatic rings. The number of nitrogens with two attached hydrogens (primary N) is 1. The molecule has 1 aliphatic rings. The van der Waals surface area contributed by atoms with E-state index in [1.54, 1.807) is 0 Å². The van der Waals surface area contributed by atoms with Gasteiger partial charge in [0.05, 0.1) is 0 Å². The van der Waals surface area contributed by atoms with Gasteiger partial charge >= 0.3 is 0 Å². The lowest BCUT2D eigenvalue weighted by Gasteiger charge is -1.98. The normalized spacial score (nSPS) is 14.1. The molecular formula is C7H13ClN4. The maximum atomic E-state index is 5.43. The van der Waals surface area contributed by atoms with Crippen LogP contribution in [0.5, 0.6) is 0 Å². The molecule has 2 heterocycles. The van der Waals surface area contributed by atoms with Gasteiger partial charge < -0.3 is 10.3 Å². The maximum absolute atomic E-state index is 5.43. The number of nitrogens with zero attached hydrogens (tertiary/aromatic N) is 3. The van der Waals surface area contributed by atoms with Crippen molar-refractivity contribution >= 4 is 12.4 Å². The standard InChI is InChI=1S/C7H12N4.ClH/c8-4-3-7-10-9-6-2-1-5-11(6)7;/h1-5,8H2;1H. The number of hydrogen-bond acceptors (Lipinski definition) is 3. The van der Waals surface area contributed by atoms with E-state index in [0.717, 1.165) is 31.0 Å². The third kappa shape index (κ3) is 1.44. The Morgan fingerprint density at radius 2 is 2.25 bits per heavy atom. The fourth-order valence-corrected chi connectivity index (χ4v) is 1.52. The van der Waals surface area contributed by atoms with Crippen molar-refractivity contribution in [2.24, 2.45) is 5.73 Å². The molecule has 2 N–H and O–H groups in total. The molecule has 68 valence electrons. The first-order chi connectivity index (χ1) is 5.42. The molecule has 0 amide bonds. The maximum Gasteiger partial charge on any atom is 0.134 e. The van der Waals surface area contributed by atoms with E-state index in [2.05, 4.69) is 14.8 Å². The molecule has 1 aliphatic heterocycles. The molecule has 1 aromatic heterocycles. The zero-order chi connectivity index (χ0) is 7.68. The Morgan fingerprint density at radius 1 is 1.42 bits per heavy atom. The highest BCUT2D eigenvalue weighted by Crippen LogP contribution is 2.13. The molecular weight excluding hydrogens is 176 g/mol. The number of hydrogen-bond donors (Lipinski definition) is 1. The Labute approximate surface area is 77.6 Å². The highest BCUT2D eigenvalue weighted by atomic mass is 35.5. The molecule has 0 aromatic carbocycles.